The van der Waals surface area contributed by atoms with Gasteiger partial charge in [0.2, 0.25) is 0 Å². The van der Waals surface area contributed by atoms with Crippen molar-refractivity contribution < 1.29 is 17.9 Å². The lowest BCUT2D eigenvalue weighted by Crippen LogP contribution is -2.36. The molecule has 0 spiro atoms. The summed E-state index contributed by atoms with van der Waals surface area (Å²) in [6.45, 7) is 4.61. The Labute approximate surface area is 176 Å². The maximum absolute atomic E-state index is 12.6. The molecule has 1 aromatic heterocycles. The smallest absolute Gasteiger partial charge is 0.434 e. The quantitative estimate of drug-likeness (QED) is 0.253. The second-order valence-electron chi connectivity index (χ2n) is 5.11. The molecule has 0 bridgehead atoms. The van der Waals surface area contributed by atoms with Crippen LogP contribution in [0.4, 0.5) is 13.2 Å². The van der Waals surface area contributed by atoms with Crippen LogP contribution in [0.15, 0.2) is 47.3 Å². The van der Waals surface area contributed by atoms with E-state index in [1.54, 1.807) is 13.1 Å². The van der Waals surface area contributed by atoms with Crippen molar-refractivity contribution in [2.75, 3.05) is 13.7 Å². The van der Waals surface area contributed by atoms with Gasteiger partial charge in [-0.2, -0.15) is 13.2 Å². The van der Waals surface area contributed by atoms with Crippen molar-refractivity contribution in [1.29, 1.82) is 0 Å². The van der Waals surface area contributed by atoms with Crippen molar-refractivity contribution in [3.8, 4) is 5.75 Å². The normalized spacial score (nSPS) is 11.5. The van der Waals surface area contributed by atoms with E-state index in [1.165, 1.54) is 0 Å². The first-order chi connectivity index (χ1) is 12.4. The maximum atomic E-state index is 12.6. The highest BCUT2D eigenvalue weighted by molar-refractivity contribution is 14.0. The van der Waals surface area contributed by atoms with Gasteiger partial charge in [-0.3, -0.25) is 4.99 Å². The molecule has 0 fully saturated rings. The molecule has 0 unspecified atom stereocenters. The zero-order valence-electron chi connectivity index (χ0n) is 14.5. The van der Waals surface area contributed by atoms with Crippen molar-refractivity contribution in [3.05, 3.63) is 58.6 Å². The third kappa shape index (κ3) is 7.37. The van der Waals surface area contributed by atoms with E-state index in [0.29, 0.717) is 24.1 Å². The van der Waals surface area contributed by atoms with E-state index >= 15 is 0 Å². The first-order valence-corrected chi connectivity index (χ1v) is 8.59. The number of hydrogen-bond donors (Lipinski definition) is 2. The van der Waals surface area contributed by atoms with E-state index in [4.69, 9.17) is 4.74 Å². The minimum atomic E-state index is -4.43. The summed E-state index contributed by atoms with van der Waals surface area (Å²) in [5, 5.41) is 7.37. The molecule has 0 amide bonds. The summed E-state index contributed by atoms with van der Waals surface area (Å²) < 4.78 is 43.3. The lowest BCUT2D eigenvalue weighted by atomic mass is 10.2. The average molecular weight is 512 g/mol. The second-order valence-corrected chi connectivity index (χ2v) is 6.05. The second kappa shape index (κ2) is 11.1. The number of nitrogens with one attached hydrogen (secondary N) is 2. The van der Waals surface area contributed by atoms with Gasteiger partial charge in [-0.1, -0.05) is 30.9 Å². The Morgan fingerprint density at radius 2 is 2.00 bits per heavy atom. The highest BCUT2D eigenvalue weighted by Crippen LogP contribution is 2.29. The molecule has 0 aliphatic heterocycles. The first-order valence-electron chi connectivity index (χ1n) is 7.71. The van der Waals surface area contributed by atoms with Crippen molar-refractivity contribution in [2.24, 2.45) is 4.99 Å². The van der Waals surface area contributed by atoms with Gasteiger partial charge in [-0.25, -0.2) is 4.98 Å². The number of nitrogens with zero attached hydrogens (tertiary/aromatic N) is 2. The zero-order valence-corrected chi connectivity index (χ0v) is 17.7. The van der Waals surface area contributed by atoms with Crippen LogP contribution >= 0.6 is 35.3 Å². The van der Waals surface area contributed by atoms with Crippen LogP contribution in [0.2, 0.25) is 0 Å². The topological polar surface area (TPSA) is 58.5 Å². The van der Waals surface area contributed by atoms with Crippen molar-refractivity contribution in [1.82, 2.24) is 15.6 Å². The van der Waals surface area contributed by atoms with Crippen molar-refractivity contribution >= 4 is 41.3 Å². The summed E-state index contributed by atoms with van der Waals surface area (Å²) in [4.78, 5) is 7.63. The number of rotatable bonds is 7. The lowest BCUT2D eigenvalue weighted by Gasteiger charge is -2.14. The number of benzene rings is 1. The van der Waals surface area contributed by atoms with Crippen LogP contribution in [0, 0.1) is 0 Å². The molecule has 0 aliphatic rings. The third-order valence-electron chi connectivity index (χ3n) is 3.25. The van der Waals surface area contributed by atoms with E-state index < -0.39 is 11.9 Å². The van der Waals surface area contributed by atoms with Gasteiger partial charge in [-0.05, 0) is 6.07 Å². The summed E-state index contributed by atoms with van der Waals surface area (Å²) in [5.74, 6) is 1.18. The van der Waals surface area contributed by atoms with Gasteiger partial charge in [0.15, 0.2) is 11.7 Å². The Bertz CT molecular complexity index is 765. The number of thiazole rings is 1. The van der Waals surface area contributed by atoms with Crippen LogP contribution in [-0.4, -0.2) is 24.6 Å². The molecule has 2 rings (SSSR count). The largest absolute Gasteiger partial charge is 0.489 e. The Balaban J connectivity index is 0.00000364. The molecule has 0 radical (unpaired) electrons. The van der Waals surface area contributed by atoms with E-state index in [-0.39, 0.29) is 30.5 Å². The fraction of sp³-hybridized carbons (Fsp3) is 0.294. The van der Waals surface area contributed by atoms with Gasteiger partial charge in [0.05, 0.1) is 6.54 Å². The SMILES string of the molecule is C=CCOc1ccccc1CNC(=NC)NCc1nc(C(F)(F)F)cs1.I. The molecule has 2 N–H and O–H groups in total. The van der Waals surface area contributed by atoms with Gasteiger partial charge in [0.25, 0.3) is 0 Å². The molecule has 0 saturated carbocycles. The highest BCUT2D eigenvalue weighted by atomic mass is 127. The number of alkyl halides is 3. The van der Waals surface area contributed by atoms with Crippen LogP contribution < -0.4 is 15.4 Å². The summed E-state index contributed by atoms with van der Waals surface area (Å²) in [5.41, 5.74) is 0.0430. The van der Waals surface area contributed by atoms with Crippen LogP contribution in [0.3, 0.4) is 0 Å². The van der Waals surface area contributed by atoms with E-state index in [1.807, 2.05) is 24.3 Å². The Hall–Kier alpha value is -1.82. The summed E-state index contributed by atoms with van der Waals surface area (Å²) >= 11 is 0.949. The van der Waals surface area contributed by atoms with Gasteiger partial charge >= 0.3 is 6.18 Å². The monoisotopic (exact) mass is 512 g/mol. The number of para-hydroxylation sites is 1. The average Bonchev–Trinajstić information content (AvgIpc) is 3.10. The fourth-order valence-corrected chi connectivity index (χ4v) is 2.76. The number of hydrogen-bond acceptors (Lipinski definition) is 4. The predicted molar refractivity (Wildman–Crippen MR) is 112 cm³/mol. The molecular weight excluding hydrogens is 492 g/mol. The highest BCUT2D eigenvalue weighted by Gasteiger charge is 2.33. The molecular formula is C17H20F3IN4OS. The minimum absolute atomic E-state index is 0. The van der Waals surface area contributed by atoms with Crippen LogP contribution in [-0.2, 0) is 19.3 Å². The summed E-state index contributed by atoms with van der Waals surface area (Å²) in [7, 11) is 1.58. The molecule has 0 saturated heterocycles. The van der Waals surface area contributed by atoms with Gasteiger partial charge in [0.1, 0.15) is 17.4 Å². The number of aromatic nitrogens is 1. The van der Waals surface area contributed by atoms with Gasteiger partial charge in [-0.15, -0.1) is 35.3 Å². The summed E-state index contributed by atoms with van der Waals surface area (Å²) in [6.07, 6.45) is -2.77. The summed E-state index contributed by atoms with van der Waals surface area (Å²) in [6, 6.07) is 7.53. The van der Waals surface area contributed by atoms with Gasteiger partial charge in [0, 0.05) is 24.5 Å². The van der Waals surface area contributed by atoms with E-state index in [0.717, 1.165) is 28.0 Å². The first kappa shape index (κ1) is 23.2. The standard InChI is InChI=1S/C17H19F3N4OS.HI/c1-3-8-25-13-7-5-4-6-12(13)9-22-16(21-2)23-10-15-24-14(11-26-15)17(18,19)20;/h3-7,11H,1,8-10H2,2H3,(H2,21,22,23);1H. The van der Waals surface area contributed by atoms with Gasteiger partial charge < -0.3 is 15.4 Å². The molecule has 10 heteroatoms. The molecule has 148 valence electrons. The molecule has 1 heterocycles. The zero-order chi connectivity index (χ0) is 19.0. The van der Waals surface area contributed by atoms with Crippen molar-refractivity contribution in [2.45, 2.75) is 19.3 Å². The molecule has 0 aliphatic carbocycles. The Morgan fingerprint density at radius 1 is 1.30 bits per heavy atom. The Kier molecular flexibility index (Phi) is 9.56. The maximum Gasteiger partial charge on any atom is 0.434 e. The number of aliphatic imine (C=N–C) groups is 1. The lowest BCUT2D eigenvalue weighted by molar-refractivity contribution is -0.140. The molecule has 0 atom stereocenters. The number of ether oxygens (including phenoxy) is 1. The molecule has 27 heavy (non-hydrogen) atoms. The van der Waals surface area contributed by atoms with Crippen LogP contribution in [0.25, 0.3) is 0 Å². The van der Waals surface area contributed by atoms with E-state index in [2.05, 4.69) is 27.2 Å². The van der Waals surface area contributed by atoms with Crippen molar-refractivity contribution in [3.63, 3.8) is 0 Å². The Morgan fingerprint density at radius 3 is 2.63 bits per heavy atom. The molecule has 1 aromatic carbocycles. The number of halogens is 4. The fourth-order valence-electron chi connectivity index (χ4n) is 2.02. The third-order valence-corrected chi connectivity index (χ3v) is 4.10. The van der Waals surface area contributed by atoms with Crippen LogP contribution in [0.1, 0.15) is 16.3 Å². The van der Waals surface area contributed by atoms with Crippen LogP contribution in [0.5, 0.6) is 5.75 Å². The number of guanidine groups is 1. The minimum Gasteiger partial charge on any atom is -0.489 e. The van der Waals surface area contributed by atoms with E-state index in [9.17, 15) is 13.2 Å². The predicted octanol–water partition coefficient (Wildman–Crippen LogP) is 4.21. The molecule has 2 aromatic rings. The molecule has 5 nitrogen and oxygen atoms in total.